The number of carbonyl (C=O) groups excluding carboxylic acids is 1. The van der Waals surface area contributed by atoms with E-state index in [2.05, 4.69) is 4.74 Å². The second-order valence-corrected chi connectivity index (χ2v) is 1.71. The van der Waals surface area contributed by atoms with Gasteiger partial charge in [-0.05, 0) is 6.92 Å². The monoisotopic (exact) mass is 134 g/mol. The predicted octanol–water partition coefficient (Wildman–Crippen LogP) is -1.10. The van der Waals surface area contributed by atoms with Gasteiger partial charge >= 0.3 is 5.97 Å². The summed E-state index contributed by atoms with van der Waals surface area (Å²) in [5, 5.41) is 17.2. The average Bonchev–Trinajstić information content (AvgIpc) is 1.84. The number of hydrogen-bond donors (Lipinski definition) is 2. The molecule has 2 N–H and O–H groups in total. The molecule has 0 saturated heterocycles. The van der Waals surface area contributed by atoms with Crippen LogP contribution < -0.4 is 0 Å². The SMILES string of the molecule is COC(=O)[C@H](O)[C@@H](C)O. The van der Waals surface area contributed by atoms with Crippen molar-refractivity contribution in [1.82, 2.24) is 0 Å². The van der Waals surface area contributed by atoms with Crippen LogP contribution in [0.25, 0.3) is 0 Å². The van der Waals surface area contributed by atoms with Crippen molar-refractivity contribution < 1.29 is 19.7 Å². The lowest BCUT2D eigenvalue weighted by Crippen LogP contribution is -2.32. The van der Waals surface area contributed by atoms with Crippen LogP contribution in [0, 0.1) is 0 Å². The highest BCUT2D eigenvalue weighted by molar-refractivity contribution is 5.74. The normalized spacial score (nSPS) is 16.4. The lowest BCUT2D eigenvalue weighted by Gasteiger charge is -2.09. The third kappa shape index (κ3) is 2.43. The third-order valence-corrected chi connectivity index (χ3v) is 0.900. The Labute approximate surface area is 53.1 Å². The predicted molar refractivity (Wildman–Crippen MR) is 29.7 cm³/mol. The van der Waals surface area contributed by atoms with Gasteiger partial charge in [-0.1, -0.05) is 0 Å². The quantitative estimate of drug-likeness (QED) is 0.470. The number of rotatable bonds is 2. The van der Waals surface area contributed by atoms with Crippen molar-refractivity contribution >= 4 is 5.97 Å². The molecule has 9 heavy (non-hydrogen) atoms. The van der Waals surface area contributed by atoms with Gasteiger partial charge in [0.05, 0.1) is 13.2 Å². The van der Waals surface area contributed by atoms with E-state index < -0.39 is 18.2 Å². The zero-order valence-corrected chi connectivity index (χ0v) is 5.37. The minimum absolute atomic E-state index is 0.815. The van der Waals surface area contributed by atoms with Gasteiger partial charge in [0.2, 0.25) is 0 Å². The molecule has 0 aromatic rings. The molecule has 0 aliphatic rings. The van der Waals surface area contributed by atoms with Crippen LogP contribution in [-0.2, 0) is 9.53 Å². The Bertz CT molecular complexity index is 99.1. The highest BCUT2D eigenvalue weighted by atomic mass is 16.5. The van der Waals surface area contributed by atoms with Crippen molar-refractivity contribution in [2.24, 2.45) is 0 Å². The largest absolute Gasteiger partial charge is 0.467 e. The topological polar surface area (TPSA) is 66.8 Å². The molecule has 0 heterocycles. The number of methoxy groups -OCH3 is 1. The molecular formula is C5H10O4. The molecule has 0 aliphatic heterocycles. The first-order valence-electron chi connectivity index (χ1n) is 2.53. The van der Waals surface area contributed by atoms with Crippen LogP contribution in [0.15, 0.2) is 0 Å². The Morgan fingerprint density at radius 3 is 2.11 bits per heavy atom. The van der Waals surface area contributed by atoms with E-state index in [9.17, 15) is 4.79 Å². The molecule has 4 nitrogen and oxygen atoms in total. The molecule has 0 amide bonds. The van der Waals surface area contributed by atoms with Crippen molar-refractivity contribution in [3.63, 3.8) is 0 Å². The molecule has 0 spiro atoms. The van der Waals surface area contributed by atoms with Gasteiger partial charge in [0.25, 0.3) is 0 Å². The molecule has 0 rings (SSSR count). The first-order chi connectivity index (χ1) is 4.09. The first-order valence-corrected chi connectivity index (χ1v) is 2.53. The van der Waals surface area contributed by atoms with Crippen LogP contribution >= 0.6 is 0 Å². The van der Waals surface area contributed by atoms with Crippen molar-refractivity contribution in [3.8, 4) is 0 Å². The summed E-state index contributed by atoms with van der Waals surface area (Å²) in [4.78, 5) is 10.3. The number of aliphatic hydroxyl groups excluding tert-OH is 2. The average molecular weight is 134 g/mol. The van der Waals surface area contributed by atoms with Crippen LogP contribution in [0.1, 0.15) is 6.92 Å². The second-order valence-electron chi connectivity index (χ2n) is 1.71. The maximum absolute atomic E-state index is 10.3. The number of aliphatic hydroxyl groups is 2. The van der Waals surface area contributed by atoms with Gasteiger partial charge in [0, 0.05) is 0 Å². The maximum Gasteiger partial charge on any atom is 0.337 e. The van der Waals surface area contributed by atoms with Gasteiger partial charge in [0.15, 0.2) is 6.10 Å². The summed E-state index contributed by atoms with van der Waals surface area (Å²) in [7, 11) is 1.15. The summed E-state index contributed by atoms with van der Waals surface area (Å²) in [6.45, 7) is 1.31. The van der Waals surface area contributed by atoms with E-state index in [-0.39, 0.29) is 0 Å². The minimum Gasteiger partial charge on any atom is -0.467 e. The fourth-order valence-electron chi connectivity index (χ4n) is 0.318. The van der Waals surface area contributed by atoms with E-state index in [1.54, 1.807) is 0 Å². The van der Waals surface area contributed by atoms with Gasteiger partial charge in [-0.2, -0.15) is 0 Å². The van der Waals surface area contributed by atoms with Crippen molar-refractivity contribution in [2.45, 2.75) is 19.1 Å². The standard InChI is InChI=1S/C5H10O4/c1-3(6)4(7)5(8)9-2/h3-4,6-7H,1-2H3/t3-,4-/m1/s1. The Kier molecular flexibility index (Phi) is 3.19. The van der Waals surface area contributed by atoms with E-state index in [4.69, 9.17) is 10.2 Å². The van der Waals surface area contributed by atoms with Crippen LogP contribution in [0.3, 0.4) is 0 Å². The maximum atomic E-state index is 10.3. The van der Waals surface area contributed by atoms with Crippen LogP contribution in [0.5, 0.6) is 0 Å². The van der Waals surface area contributed by atoms with Gasteiger partial charge < -0.3 is 14.9 Å². The molecule has 2 atom stereocenters. The summed E-state index contributed by atoms with van der Waals surface area (Å²) in [6.07, 6.45) is -2.49. The molecule has 0 bridgehead atoms. The van der Waals surface area contributed by atoms with Crippen LogP contribution in [-0.4, -0.2) is 35.5 Å². The van der Waals surface area contributed by atoms with Crippen LogP contribution in [0.4, 0.5) is 0 Å². The summed E-state index contributed by atoms with van der Waals surface area (Å²) >= 11 is 0. The fourth-order valence-corrected chi connectivity index (χ4v) is 0.318. The highest BCUT2D eigenvalue weighted by Gasteiger charge is 2.20. The summed E-state index contributed by atoms with van der Waals surface area (Å²) in [6, 6.07) is 0. The molecule has 0 aliphatic carbocycles. The summed E-state index contributed by atoms with van der Waals surface area (Å²) in [5.74, 6) is -0.815. The van der Waals surface area contributed by atoms with E-state index in [1.807, 2.05) is 0 Å². The minimum atomic E-state index is -1.42. The summed E-state index contributed by atoms with van der Waals surface area (Å²) < 4.78 is 4.12. The van der Waals surface area contributed by atoms with Crippen LogP contribution in [0.2, 0.25) is 0 Å². The third-order valence-electron chi connectivity index (χ3n) is 0.900. The Hall–Kier alpha value is -0.610. The van der Waals surface area contributed by atoms with Crippen molar-refractivity contribution in [1.29, 1.82) is 0 Å². The number of esters is 1. The summed E-state index contributed by atoms with van der Waals surface area (Å²) in [5.41, 5.74) is 0. The Balaban J connectivity index is 3.72. The molecule has 0 fully saturated rings. The van der Waals surface area contributed by atoms with Crippen molar-refractivity contribution in [2.75, 3.05) is 7.11 Å². The molecule has 0 radical (unpaired) electrons. The zero-order chi connectivity index (χ0) is 7.44. The van der Waals surface area contributed by atoms with Gasteiger partial charge in [-0.3, -0.25) is 0 Å². The van der Waals surface area contributed by atoms with Gasteiger partial charge in [-0.25, -0.2) is 4.79 Å². The lowest BCUT2D eigenvalue weighted by atomic mass is 10.2. The van der Waals surface area contributed by atoms with E-state index >= 15 is 0 Å². The molecule has 0 unspecified atom stereocenters. The lowest BCUT2D eigenvalue weighted by molar-refractivity contribution is -0.155. The number of ether oxygens (including phenoxy) is 1. The van der Waals surface area contributed by atoms with E-state index in [0.29, 0.717) is 0 Å². The molecular weight excluding hydrogens is 124 g/mol. The molecule has 0 aromatic carbocycles. The molecule has 4 heteroatoms. The molecule has 0 aromatic heterocycles. The van der Waals surface area contributed by atoms with Gasteiger partial charge in [0.1, 0.15) is 0 Å². The van der Waals surface area contributed by atoms with E-state index in [1.165, 1.54) is 6.92 Å². The van der Waals surface area contributed by atoms with Gasteiger partial charge in [-0.15, -0.1) is 0 Å². The molecule has 0 saturated carbocycles. The second kappa shape index (κ2) is 3.42. The molecule has 54 valence electrons. The Morgan fingerprint density at radius 2 is 2.00 bits per heavy atom. The van der Waals surface area contributed by atoms with Crippen molar-refractivity contribution in [3.05, 3.63) is 0 Å². The first kappa shape index (κ1) is 8.39. The highest BCUT2D eigenvalue weighted by Crippen LogP contribution is 1.92. The number of hydrogen-bond acceptors (Lipinski definition) is 4. The van der Waals surface area contributed by atoms with E-state index in [0.717, 1.165) is 7.11 Å². The Morgan fingerprint density at radius 1 is 1.56 bits per heavy atom. The fraction of sp³-hybridized carbons (Fsp3) is 0.800. The smallest absolute Gasteiger partial charge is 0.337 e. The zero-order valence-electron chi connectivity index (χ0n) is 5.37. The number of carbonyl (C=O) groups is 1.